The summed E-state index contributed by atoms with van der Waals surface area (Å²) < 4.78 is 30.6. The predicted octanol–water partition coefficient (Wildman–Crippen LogP) is 0.826. The standard InChI is InChI=1S/C14H19N5O2S/c20-22(21,12-4-5-12)18-8-3-9-19-13(15-16-14(19)11-18)10-17-6-1-2-7-17/h1-2,6-7,12H,3-5,8-11H2. The second-order valence-electron chi connectivity index (χ2n) is 5.97. The van der Waals surface area contributed by atoms with E-state index in [1.165, 1.54) is 0 Å². The summed E-state index contributed by atoms with van der Waals surface area (Å²) in [6.07, 6.45) is 6.37. The zero-order valence-corrected chi connectivity index (χ0v) is 13.1. The number of sulfonamides is 1. The lowest BCUT2D eigenvalue weighted by atomic mass is 10.4. The predicted molar refractivity (Wildman–Crippen MR) is 80.5 cm³/mol. The zero-order valence-electron chi connectivity index (χ0n) is 12.3. The number of nitrogens with zero attached hydrogens (tertiary/aromatic N) is 5. The lowest BCUT2D eigenvalue weighted by Crippen LogP contribution is -2.33. The minimum absolute atomic E-state index is 0.165. The van der Waals surface area contributed by atoms with Crippen LogP contribution in [0.5, 0.6) is 0 Å². The molecule has 0 N–H and O–H groups in total. The SMILES string of the molecule is O=S(=O)(C1CC1)N1CCCn2c(nnc2Cn2cccc2)C1. The molecular formula is C14H19N5O2S. The molecule has 7 nitrogen and oxygen atoms in total. The first kappa shape index (κ1) is 14.0. The van der Waals surface area contributed by atoms with E-state index < -0.39 is 10.0 Å². The zero-order chi connectivity index (χ0) is 15.2. The van der Waals surface area contributed by atoms with E-state index in [9.17, 15) is 8.42 Å². The van der Waals surface area contributed by atoms with Gasteiger partial charge in [-0.15, -0.1) is 10.2 Å². The van der Waals surface area contributed by atoms with Crippen LogP contribution in [0, 0.1) is 0 Å². The van der Waals surface area contributed by atoms with Gasteiger partial charge < -0.3 is 9.13 Å². The maximum atomic E-state index is 12.4. The van der Waals surface area contributed by atoms with Gasteiger partial charge in [-0.3, -0.25) is 0 Å². The van der Waals surface area contributed by atoms with Gasteiger partial charge in [-0.05, 0) is 31.4 Å². The highest BCUT2D eigenvalue weighted by molar-refractivity contribution is 7.90. The van der Waals surface area contributed by atoms with Gasteiger partial charge >= 0.3 is 0 Å². The Morgan fingerprint density at radius 2 is 1.91 bits per heavy atom. The molecule has 0 saturated heterocycles. The van der Waals surface area contributed by atoms with E-state index in [1.807, 2.05) is 29.1 Å². The van der Waals surface area contributed by atoms with Crippen LogP contribution in [0.15, 0.2) is 24.5 Å². The number of hydrogen-bond acceptors (Lipinski definition) is 4. The Bertz CT molecular complexity index is 761. The van der Waals surface area contributed by atoms with Crippen molar-refractivity contribution in [1.29, 1.82) is 0 Å². The highest BCUT2D eigenvalue weighted by Crippen LogP contribution is 2.32. The van der Waals surface area contributed by atoms with Crippen LogP contribution in [0.1, 0.15) is 30.9 Å². The van der Waals surface area contributed by atoms with Gasteiger partial charge in [0, 0.05) is 25.5 Å². The van der Waals surface area contributed by atoms with Gasteiger partial charge in [0.2, 0.25) is 10.0 Å². The van der Waals surface area contributed by atoms with Crippen LogP contribution in [0.25, 0.3) is 0 Å². The van der Waals surface area contributed by atoms with Crippen molar-refractivity contribution in [3.05, 3.63) is 36.2 Å². The Balaban J connectivity index is 1.59. The Hall–Kier alpha value is -1.67. The van der Waals surface area contributed by atoms with Gasteiger partial charge in [0.25, 0.3) is 0 Å². The van der Waals surface area contributed by atoms with Crippen LogP contribution in [0.4, 0.5) is 0 Å². The average molecular weight is 321 g/mol. The van der Waals surface area contributed by atoms with Crippen molar-refractivity contribution >= 4 is 10.0 Å². The molecule has 0 spiro atoms. The molecule has 1 saturated carbocycles. The second-order valence-corrected chi connectivity index (χ2v) is 8.18. The molecule has 3 heterocycles. The van der Waals surface area contributed by atoms with Gasteiger partial charge in [-0.1, -0.05) is 0 Å². The van der Waals surface area contributed by atoms with Crippen LogP contribution in [0.3, 0.4) is 0 Å². The van der Waals surface area contributed by atoms with E-state index in [2.05, 4.69) is 14.8 Å². The number of hydrogen-bond donors (Lipinski definition) is 0. The van der Waals surface area contributed by atoms with Crippen molar-refractivity contribution in [2.45, 2.75) is 44.1 Å². The first-order valence-corrected chi connectivity index (χ1v) is 9.15. The number of aromatic nitrogens is 4. The lowest BCUT2D eigenvalue weighted by molar-refractivity contribution is 0.405. The summed E-state index contributed by atoms with van der Waals surface area (Å²) in [7, 11) is -3.15. The van der Waals surface area contributed by atoms with Crippen LogP contribution in [-0.4, -0.2) is 43.8 Å². The number of fused-ring (bicyclic) bond motifs is 1. The van der Waals surface area contributed by atoms with E-state index in [0.29, 0.717) is 19.6 Å². The third-order valence-corrected chi connectivity index (χ3v) is 6.65. The molecule has 2 aromatic rings. The van der Waals surface area contributed by atoms with Crippen molar-refractivity contribution in [2.24, 2.45) is 0 Å². The van der Waals surface area contributed by atoms with Crippen molar-refractivity contribution in [2.75, 3.05) is 6.54 Å². The summed E-state index contributed by atoms with van der Waals surface area (Å²) in [5.74, 6) is 1.64. The van der Waals surface area contributed by atoms with Gasteiger partial charge in [-0.2, -0.15) is 4.31 Å². The molecular weight excluding hydrogens is 302 g/mol. The van der Waals surface area contributed by atoms with Crippen molar-refractivity contribution in [1.82, 2.24) is 23.6 Å². The fourth-order valence-corrected chi connectivity index (χ4v) is 4.77. The quantitative estimate of drug-likeness (QED) is 0.836. The summed E-state index contributed by atoms with van der Waals surface area (Å²) in [5, 5.41) is 8.33. The molecule has 4 rings (SSSR count). The van der Waals surface area contributed by atoms with Crippen LogP contribution >= 0.6 is 0 Å². The summed E-state index contributed by atoms with van der Waals surface area (Å²) >= 11 is 0. The highest BCUT2D eigenvalue weighted by atomic mass is 32.2. The molecule has 0 atom stereocenters. The van der Waals surface area contributed by atoms with Crippen molar-refractivity contribution in [3.63, 3.8) is 0 Å². The molecule has 1 aliphatic carbocycles. The second kappa shape index (κ2) is 5.20. The first-order valence-electron chi connectivity index (χ1n) is 7.65. The normalized spacial score (nSPS) is 19.8. The molecule has 118 valence electrons. The van der Waals surface area contributed by atoms with Gasteiger partial charge in [0.05, 0.1) is 18.3 Å². The van der Waals surface area contributed by atoms with Crippen molar-refractivity contribution < 1.29 is 8.42 Å². The molecule has 1 fully saturated rings. The lowest BCUT2D eigenvalue weighted by Gasteiger charge is -2.18. The van der Waals surface area contributed by atoms with Crippen LogP contribution in [-0.2, 0) is 29.7 Å². The minimum Gasteiger partial charge on any atom is -0.347 e. The molecule has 0 radical (unpaired) electrons. The average Bonchev–Trinajstić information content (AvgIpc) is 3.20. The summed E-state index contributed by atoms with van der Waals surface area (Å²) in [5.41, 5.74) is 0. The molecule has 8 heteroatoms. The summed E-state index contributed by atoms with van der Waals surface area (Å²) in [4.78, 5) is 0. The first-order chi connectivity index (χ1) is 10.6. The highest BCUT2D eigenvalue weighted by Gasteiger charge is 2.41. The molecule has 0 aromatic carbocycles. The minimum atomic E-state index is -3.15. The van der Waals surface area contributed by atoms with E-state index >= 15 is 0 Å². The Labute approximate surface area is 129 Å². The van der Waals surface area contributed by atoms with E-state index in [-0.39, 0.29) is 5.25 Å². The van der Waals surface area contributed by atoms with E-state index in [1.54, 1.807) is 4.31 Å². The number of rotatable bonds is 4. The monoisotopic (exact) mass is 321 g/mol. The molecule has 2 aliphatic rings. The maximum absolute atomic E-state index is 12.4. The van der Waals surface area contributed by atoms with E-state index in [4.69, 9.17) is 0 Å². The Morgan fingerprint density at radius 1 is 1.14 bits per heavy atom. The van der Waals surface area contributed by atoms with E-state index in [0.717, 1.165) is 37.5 Å². The fraction of sp³-hybridized carbons (Fsp3) is 0.571. The fourth-order valence-electron chi connectivity index (χ4n) is 2.94. The van der Waals surface area contributed by atoms with Crippen LogP contribution in [0.2, 0.25) is 0 Å². The molecule has 0 bridgehead atoms. The summed E-state index contributed by atoms with van der Waals surface area (Å²) in [6.45, 7) is 2.35. The molecule has 1 aliphatic heterocycles. The third-order valence-electron chi connectivity index (χ3n) is 4.31. The van der Waals surface area contributed by atoms with Crippen molar-refractivity contribution in [3.8, 4) is 0 Å². The maximum Gasteiger partial charge on any atom is 0.217 e. The van der Waals surface area contributed by atoms with Crippen LogP contribution < -0.4 is 0 Å². The van der Waals surface area contributed by atoms with Gasteiger partial charge in [0.15, 0.2) is 5.82 Å². The Morgan fingerprint density at radius 3 is 2.64 bits per heavy atom. The third kappa shape index (κ3) is 2.46. The Kier molecular flexibility index (Phi) is 3.30. The molecule has 0 amide bonds. The summed E-state index contributed by atoms with van der Waals surface area (Å²) in [6, 6.07) is 3.95. The largest absolute Gasteiger partial charge is 0.347 e. The van der Waals surface area contributed by atoms with Gasteiger partial charge in [0.1, 0.15) is 5.82 Å². The smallest absolute Gasteiger partial charge is 0.217 e. The molecule has 2 aromatic heterocycles. The van der Waals surface area contributed by atoms with Gasteiger partial charge in [-0.25, -0.2) is 8.42 Å². The molecule has 0 unspecified atom stereocenters. The topological polar surface area (TPSA) is 73.0 Å². The molecule has 22 heavy (non-hydrogen) atoms.